The summed E-state index contributed by atoms with van der Waals surface area (Å²) in [5.41, 5.74) is 6.85. The summed E-state index contributed by atoms with van der Waals surface area (Å²) in [5, 5.41) is 0. The van der Waals surface area contributed by atoms with Crippen LogP contribution in [0, 0.1) is 17.8 Å². The summed E-state index contributed by atoms with van der Waals surface area (Å²) in [5.74, 6) is 2.15. The van der Waals surface area contributed by atoms with Crippen molar-refractivity contribution in [1.29, 1.82) is 0 Å². The summed E-state index contributed by atoms with van der Waals surface area (Å²) >= 11 is 0. The number of hydrogen-bond acceptors (Lipinski definition) is 4. The molecule has 1 aromatic rings. The molecule has 0 radical (unpaired) electrons. The monoisotopic (exact) mass is 404 g/mol. The second kappa shape index (κ2) is 10.7. The van der Waals surface area contributed by atoms with Crippen molar-refractivity contribution in [3.05, 3.63) is 23.3 Å². The fourth-order valence-corrected chi connectivity index (χ4v) is 4.53. The van der Waals surface area contributed by atoms with Gasteiger partial charge >= 0.3 is 0 Å². The molecule has 162 valence electrons. The Morgan fingerprint density at radius 3 is 2.31 bits per heavy atom. The van der Waals surface area contributed by atoms with Gasteiger partial charge in [0.1, 0.15) is 5.82 Å². The van der Waals surface area contributed by atoms with Crippen molar-refractivity contribution in [2.45, 2.75) is 71.6 Å². The molecule has 2 amide bonds. The SMILES string of the molecule is CC(C)CC(=O)N1CCC(Cc2ncc(C(N)=O)c(CC3CCCC3)n2)CC1.O. The fraction of sp³-hybridized carbons (Fsp3) is 0.727. The molecule has 3 rings (SSSR count). The first-order valence-electron chi connectivity index (χ1n) is 10.8. The zero-order chi connectivity index (χ0) is 20.1. The summed E-state index contributed by atoms with van der Waals surface area (Å²) in [4.78, 5) is 35.2. The largest absolute Gasteiger partial charge is 0.412 e. The maximum absolute atomic E-state index is 12.2. The molecule has 0 spiro atoms. The van der Waals surface area contributed by atoms with Gasteiger partial charge in [-0.25, -0.2) is 9.97 Å². The predicted molar refractivity (Wildman–Crippen MR) is 112 cm³/mol. The van der Waals surface area contributed by atoms with Gasteiger partial charge in [0.05, 0.1) is 11.3 Å². The van der Waals surface area contributed by atoms with E-state index in [1.807, 2.05) is 4.90 Å². The Kier molecular flexibility index (Phi) is 8.56. The van der Waals surface area contributed by atoms with Gasteiger partial charge < -0.3 is 16.1 Å². The van der Waals surface area contributed by atoms with Crippen LogP contribution in [0.1, 0.15) is 80.7 Å². The maximum Gasteiger partial charge on any atom is 0.252 e. The van der Waals surface area contributed by atoms with Crippen LogP contribution >= 0.6 is 0 Å². The Labute approximate surface area is 173 Å². The standard InChI is InChI=1S/C22H34N4O2.H2O/c1-15(2)11-21(27)26-9-7-17(8-10-26)13-20-24-14-18(22(23)28)19(25-20)12-16-5-3-4-6-16;/h14-17H,3-13H2,1-2H3,(H2,23,28);1H2. The Morgan fingerprint density at radius 1 is 1.10 bits per heavy atom. The third-order valence-corrected chi connectivity index (χ3v) is 6.16. The highest BCUT2D eigenvalue weighted by atomic mass is 16.2. The van der Waals surface area contributed by atoms with Gasteiger partial charge in [-0.2, -0.15) is 0 Å². The molecule has 7 heteroatoms. The van der Waals surface area contributed by atoms with Crippen LogP contribution in [0.2, 0.25) is 0 Å². The van der Waals surface area contributed by atoms with Gasteiger partial charge in [0, 0.05) is 32.1 Å². The van der Waals surface area contributed by atoms with Crippen LogP contribution in [-0.4, -0.2) is 45.2 Å². The molecule has 1 saturated carbocycles. The zero-order valence-corrected chi connectivity index (χ0v) is 17.8. The van der Waals surface area contributed by atoms with E-state index < -0.39 is 5.91 Å². The lowest BCUT2D eigenvalue weighted by Crippen LogP contribution is -2.39. The molecule has 1 saturated heterocycles. The minimum atomic E-state index is -0.434. The van der Waals surface area contributed by atoms with Gasteiger partial charge in [-0.3, -0.25) is 9.59 Å². The molecule has 0 bridgehead atoms. The summed E-state index contributed by atoms with van der Waals surface area (Å²) in [7, 11) is 0. The Morgan fingerprint density at radius 2 is 1.72 bits per heavy atom. The van der Waals surface area contributed by atoms with Crippen LogP contribution in [0.5, 0.6) is 0 Å². The summed E-state index contributed by atoms with van der Waals surface area (Å²) in [6.45, 7) is 5.82. The molecule has 4 N–H and O–H groups in total. The number of carbonyl (C=O) groups excluding carboxylic acids is 2. The van der Waals surface area contributed by atoms with Gasteiger partial charge in [-0.05, 0) is 37.0 Å². The number of carbonyl (C=O) groups is 2. The molecule has 2 heterocycles. The first kappa shape index (κ1) is 23.3. The van der Waals surface area contributed by atoms with E-state index in [-0.39, 0.29) is 11.4 Å². The van der Waals surface area contributed by atoms with Crippen LogP contribution in [-0.2, 0) is 17.6 Å². The minimum Gasteiger partial charge on any atom is -0.412 e. The number of primary amides is 1. The lowest BCUT2D eigenvalue weighted by atomic mass is 9.92. The van der Waals surface area contributed by atoms with Gasteiger partial charge in [0.15, 0.2) is 0 Å². The minimum absolute atomic E-state index is 0. The highest BCUT2D eigenvalue weighted by molar-refractivity contribution is 5.93. The molecule has 1 aliphatic heterocycles. The van der Waals surface area contributed by atoms with Gasteiger partial charge in [-0.15, -0.1) is 0 Å². The quantitative estimate of drug-likeness (QED) is 0.749. The van der Waals surface area contributed by atoms with Crippen molar-refractivity contribution < 1.29 is 15.1 Å². The van der Waals surface area contributed by atoms with E-state index in [0.29, 0.717) is 29.7 Å². The van der Waals surface area contributed by atoms with Gasteiger partial charge in [0.25, 0.3) is 5.91 Å². The molecule has 2 fully saturated rings. The van der Waals surface area contributed by atoms with Crippen molar-refractivity contribution in [2.75, 3.05) is 13.1 Å². The van der Waals surface area contributed by atoms with E-state index in [1.165, 1.54) is 25.7 Å². The second-order valence-corrected chi connectivity index (χ2v) is 8.99. The third kappa shape index (κ3) is 6.49. The van der Waals surface area contributed by atoms with Crippen LogP contribution in [0.3, 0.4) is 0 Å². The average molecular weight is 405 g/mol. The van der Waals surface area contributed by atoms with Crippen LogP contribution in [0.4, 0.5) is 0 Å². The summed E-state index contributed by atoms with van der Waals surface area (Å²) in [6.07, 6.45) is 10.8. The molecule has 29 heavy (non-hydrogen) atoms. The number of piperidine rings is 1. The van der Waals surface area contributed by atoms with Gasteiger partial charge in [0.2, 0.25) is 5.91 Å². The summed E-state index contributed by atoms with van der Waals surface area (Å²) < 4.78 is 0. The zero-order valence-electron chi connectivity index (χ0n) is 17.8. The predicted octanol–water partition coefficient (Wildman–Crippen LogP) is 2.31. The topological polar surface area (TPSA) is 121 Å². The van der Waals surface area contributed by atoms with Crippen LogP contribution < -0.4 is 5.73 Å². The number of nitrogens with two attached hydrogens (primary N) is 1. The van der Waals surface area contributed by atoms with E-state index in [0.717, 1.165) is 50.3 Å². The molecular formula is C22H36N4O3. The van der Waals surface area contributed by atoms with E-state index in [1.54, 1.807) is 6.20 Å². The molecule has 0 atom stereocenters. The number of aromatic nitrogens is 2. The van der Waals surface area contributed by atoms with Crippen LogP contribution in [0.15, 0.2) is 6.20 Å². The van der Waals surface area contributed by atoms with E-state index >= 15 is 0 Å². The number of hydrogen-bond donors (Lipinski definition) is 1. The van der Waals surface area contributed by atoms with Crippen molar-refractivity contribution >= 4 is 11.8 Å². The van der Waals surface area contributed by atoms with E-state index in [2.05, 4.69) is 18.8 Å². The van der Waals surface area contributed by atoms with Crippen molar-refractivity contribution in [2.24, 2.45) is 23.5 Å². The molecule has 0 aromatic carbocycles. The maximum atomic E-state index is 12.2. The molecule has 2 aliphatic rings. The van der Waals surface area contributed by atoms with Crippen molar-refractivity contribution in [3.63, 3.8) is 0 Å². The first-order chi connectivity index (χ1) is 13.4. The summed E-state index contributed by atoms with van der Waals surface area (Å²) in [6, 6.07) is 0. The number of likely N-dealkylation sites (tertiary alicyclic amines) is 1. The molecule has 0 unspecified atom stereocenters. The Hall–Kier alpha value is -2.02. The highest BCUT2D eigenvalue weighted by Crippen LogP contribution is 2.29. The lowest BCUT2D eigenvalue weighted by Gasteiger charge is -2.32. The Bertz CT molecular complexity index is 693. The normalized spacial score (nSPS) is 18.1. The molecule has 1 aromatic heterocycles. The van der Waals surface area contributed by atoms with Crippen molar-refractivity contribution in [3.8, 4) is 0 Å². The first-order valence-corrected chi connectivity index (χ1v) is 10.8. The molecule has 7 nitrogen and oxygen atoms in total. The molecular weight excluding hydrogens is 368 g/mol. The van der Waals surface area contributed by atoms with Crippen LogP contribution in [0.25, 0.3) is 0 Å². The van der Waals surface area contributed by atoms with Crippen molar-refractivity contribution in [1.82, 2.24) is 14.9 Å². The fourth-order valence-electron chi connectivity index (χ4n) is 4.53. The van der Waals surface area contributed by atoms with E-state index in [4.69, 9.17) is 10.7 Å². The smallest absolute Gasteiger partial charge is 0.252 e. The third-order valence-electron chi connectivity index (χ3n) is 6.16. The second-order valence-electron chi connectivity index (χ2n) is 8.99. The van der Waals surface area contributed by atoms with E-state index in [9.17, 15) is 9.59 Å². The number of rotatable bonds is 7. The lowest BCUT2D eigenvalue weighted by molar-refractivity contribution is -0.133. The number of nitrogens with zero attached hydrogens (tertiary/aromatic N) is 3. The highest BCUT2D eigenvalue weighted by Gasteiger charge is 2.25. The Balaban J connectivity index is 0.00000300. The molecule has 1 aliphatic carbocycles. The van der Waals surface area contributed by atoms with Gasteiger partial charge in [-0.1, -0.05) is 39.5 Å². The average Bonchev–Trinajstić information content (AvgIpc) is 3.15. The number of amides is 2.